The van der Waals surface area contributed by atoms with Crippen LogP contribution in [0.25, 0.3) is 10.2 Å². The molecule has 2 aromatic carbocycles. The van der Waals surface area contributed by atoms with E-state index in [0.29, 0.717) is 27.3 Å². The Labute approximate surface area is 182 Å². The van der Waals surface area contributed by atoms with Crippen LogP contribution in [0.5, 0.6) is 0 Å². The van der Waals surface area contributed by atoms with E-state index < -0.39 is 0 Å². The second kappa shape index (κ2) is 8.53. The maximum Gasteiger partial charge on any atom is 0.261 e. The van der Waals surface area contributed by atoms with Crippen LogP contribution in [0.15, 0.2) is 55.1 Å². The predicted octanol–water partition coefficient (Wildman–Crippen LogP) is 5.85. The second-order valence-electron chi connectivity index (χ2n) is 6.70. The summed E-state index contributed by atoms with van der Waals surface area (Å²) in [7, 11) is 0. The Kier molecular flexibility index (Phi) is 5.85. The molecule has 148 valence electrons. The smallest absolute Gasteiger partial charge is 0.261 e. The Morgan fingerprint density at radius 1 is 1.21 bits per heavy atom. The van der Waals surface area contributed by atoms with E-state index in [0.717, 1.165) is 28.7 Å². The number of anilines is 1. The molecule has 2 heterocycles. The Balaban J connectivity index is 1.67. The van der Waals surface area contributed by atoms with Gasteiger partial charge in [0.15, 0.2) is 5.13 Å². The number of carbonyl (C=O) groups excluding carboxylic acids is 1. The topological polar surface area (TPSA) is 51.0 Å². The van der Waals surface area contributed by atoms with Crippen LogP contribution in [0.3, 0.4) is 0 Å². The third kappa shape index (κ3) is 4.45. The van der Waals surface area contributed by atoms with E-state index in [1.54, 1.807) is 35.6 Å². The molecule has 5 nitrogen and oxygen atoms in total. The van der Waals surface area contributed by atoms with Gasteiger partial charge < -0.3 is 4.57 Å². The van der Waals surface area contributed by atoms with Crippen LogP contribution < -0.4 is 4.90 Å². The number of imidazole rings is 1. The fourth-order valence-electron chi connectivity index (χ4n) is 3.06. The lowest BCUT2D eigenvalue weighted by Gasteiger charge is -2.20. The molecule has 0 radical (unpaired) electrons. The molecule has 0 saturated heterocycles. The van der Waals surface area contributed by atoms with Gasteiger partial charge in [-0.25, -0.2) is 9.97 Å². The van der Waals surface area contributed by atoms with Crippen molar-refractivity contribution in [3.8, 4) is 0 Å². The maximum atomic E-state index is 13.4. The lowest BCUT2D eigenvalue weighted by molar-refractivity contribution is 0.0986. The number of carbonyl (C=O) groups is 1. The van der Waals surface area contributed by atoms with Gasteiger partial charge in [0, 0.05) is 30.5 Å². The number of hydrogen-bond acceptors (Lipinski definition) is 4. The van der Waals surface area contributed by atoms with Crippen molar-refractivity contribution in [1.29, 1.82) is 0 Å². The van der Waals surface area contributed by atoms with Gasteiger partial charge in [-0.2, -0.15) is 0 Å². The van der Waals surface area contributed by atoms with Crippen LogP contribution in [0.1, 0.15) is 22.3 Å². The van der Waals surface area contributed by atoms with Crippen LogP contribution in [-0.2, 0) is 6.54 Å². The van der Waals surface area contributed by atoms with Crippen molar-refractivity contribution in [2.45, 2.75) is 19.9 Å². The SMILES string of the molecule is Cc1ccc2nc(N(CCCn3ccnc3)C(=O)c3cc(Cl)ccc3Cl)sc2c1. The van der Waals surface area contributed by atoms with Gasteiger partial charge in [-0.1, -0.05) is 40.6 Å². The van der Waals surface area contributed by atoms with Crippen molar-refractivity contribution in [1.82, 2.24) is 14.5 Å². The molecule has 4 aromatic rings. The number of fused-ring (bicyclic) bond motifs is 1. The molecule has 0 N–H and O–H groups in total. The van der Waals surface area contributed by atoms with Crippen molar-refractivity contribution in [2.75, 3.05) is 11.4 Å². The highest BCUT2D eigenvalue weighted by Gasteiger charge is 2.23. The molecule has 2 aromatic heterocycles. The number of halogens is 2. The Bertz CT molecular complexity index is 1160. The molecular formula is C21H18Cl2N4OS. The molecular weight excluding hydrogens is 427 g/mol. The van der Waals surface area contributed by atoms with E-state index in [2.05, 4.69) is 11.1 Å². The number of hydrogen-bond donors (Lipinski definition) is 0. The molecule has 29 heavy (non-hydrogen) atoms. The lowest BCUT2D eigenvalue weighted by Crippen LogP contribution is -2.32. The van der Waals surface area contributed by atoms with Crippen molar-refractivity contribution in [3.05, 3.63) is 76.3 Å². The first-order valence-electron chi connectivity index (χ1n) is 9.11. The monoisotopic (exact) mass is 444 g/mol. The second-order valence-corrected chi connectivity index (χ2v) is 8.56. The summed E-state index contributed by atoms with van der Waals surface area (Å²) in [6.45, 7) is 3.29. The molecule has 0 aliphatic rings. The van der Waals surface area contributed by atoms with Crippen molar-refractivity contribution >= 4 is 55.8 Å². The van der Waals surface area contributed by atoms with Gasteiger partial charge in [0.05, 0.1) is 27.1 Å². The zero-order chi connectivity index (χ0) is 20.4. The summed E-state index contributed by atoms with van der Waals surface area (Å²) in [5, 5.41) is 1.49. The zero-order valence-electron chi connectivity index (χ0n) is 15.7. The summed E-state index contributed by atoms with van der Waals surface area (Å²) >= 11 is 13.9. The lowest BCUT2D eigenvalue weighted by atomic mass is 10.2. The highest BCUT2D eigenvalue weighted by atomic mass is 35.5. The third-order valence-corrected chi connectivity index (χ3v) is 6.13. The van der Waals surface area contributed by atoms with Crippen LogP contribution in [0, 0.1) is 6.92 Å². The third-order valence-electron chi connectivity index (χ3n) is 4.52. The van der Waals surface area contributed by atoms with Gasteiger partial charge in [-0.15, -0.1) is 0 Å². The van der Waals surface area contributed by atoms with E-state index in [-0.39, 0.29) is 5.91 Å². The number of nitrogens with zero attached hydrogens (tertiary/aromatic N) is 4. The molecule has 0 unspecified atom stereocenters. The predicted molar refractivity (Wildman–Crippen MR) is 119 cm³/mol. The largest absolute Gasteiger partial charge is 0.337 e. The molecule has 4 rings (SSSR count). The molecule has 0 aliphatic heterocycles. The van der Waals surface area contributed by atoms with Gasteiger partial charge >= 0.3 is 0 Å². The number of aromatic nitrogens is 3. The molecule has 0 bridgehead atoms. The summed E-state index contributed by atoms with van der Waals surface area (Å²) in [6, 6.07) is 11.0. The summed E-state index contributed by atoms with van der Waals surface area (Å²) < 4.78 is 3.03. The highest BCUT2D eigenvalue weighted by molar-refractivity contribution is 7.22. The van der Waals surface area contributed by atoms with Crippen LogP contribution in [0.4, 0.5) is 5.13 Å². The van der Waals surface area contributed by atoms with Gasteiger partial charge in [0.2, 0.25) is 0 Å². The summed E-state index contributed by atoms with van der Waals surface area (Å²) in [5.41, 5.74) is 2.40. The summed E-state index contributed by atoms with van der Waals surface area (Å²) in [6.07, 6.45) is 6.15. The van der Waals surface area contributed by atoms with Crippen LogP contribution in [0.2, 0.25) is 10.0 Å². The van der Waals surface area contributed by atoms with Crippen molar-refractivity contribution in [2.24, 2.45) is 0 Å². The standard InChI is InChI=1S/C21H18Cl2N4OS/c1-14-3-6-18-19(11-14)29-21(25-18)27(9-2-8-26-10-7-24-13-26)20(28)16-12-15(22)4-5-17(16)23/h3-7,10-13H,2,8-9H2,1H3. The van der Waals surface area contributed by atoms with E-state index in [4.69, 9.17) is 28.2 Å². The number of amides is 1. The fraction of sp³-hybridized carbons (Fsp3) is 0.190. The number of aryl methyl sites for hydroxylation is 2. The van der Waals surface area contributed by atoms with Gasteiger partial charge in [0.25, 0.3) is 5.91 Å². The minimum Gasteiger partial charge on any atom is -0.337 e. The van der Waals surface area contributed by atoms with Crippen LogP contribution in [-0.4, -0.2) is 27.0 Å². The normalized spacial score (nSPS) is 11.1. The minimum absolute atomic E-state index is 0.209. The average Bonchev–Trinajstić information content (AvgIpc) is 3.36. The number of rotatable bonds is 6. The molecule has 0 fully saturated rings. The fourth-order valence-corrected chi connectivity index (χ4v) is 4.52. The molecule has 0 saturated carbocycles. The average molecular weight is 445 g/mol. The highest BCUT2D eigenvalue weighted by Crippen LogP contribution is 2.32. The van der Waals surface area contributed by atoms with Crippen molar-refractivity contribution < 1.29 is 4.79 Å². The van der Waals surface area contributed by atoms with E-state index in [1.165, 1.54) is 11.3 Å². The molecule has 0 spiro atoms. The Hall–Kier alpha value is -2.41. The van der Waals surface area contributed by atoms with E-state index in [9.17, 15) is 4.79 Å². The van der Waals surface area contributed by atoms with Crippen LogP contribution >= 0.6 is 34.5 Å². The van der Waals surface area contributed by atoms with Gasteiger partial charge in [0.1, 0.15) is 0 Å². The van der Waals surface area contributed by atoms with E-state index >= 15 is 0 Å². The summed E-state index contributed by atoms with van der Waals surface area (Å²) in [4.78, 5) is 23.8. The Morgan fingerprint density at radius 3 is 2.86 bits per heavy atom. The first-order valence-corrected chi connectivity index (χ1v) is 10.7. The number of thiazole rings is 1. The first-order chi connectivity index (χ1) is 14.0. The summed E-state index contributed by atoms with van der Waals surface area (Å²) in [5.74, 6) is -0.209. The minimum atomic E-state index is -0.209. The van der Waals surface area contributed by atoms with Crippen molar-refractivity contribution in [3.63, 3.8) is 0 Å². The Morgan fingerprint density at radius 2 is 2.07 bits per heavy atom. The van der Waals surface area contributed by atoms with E-state index in [1.807, 2.05) is 29.8 Å². The quantitative estimate of drug-likeness (QED) is 0.374. The molecule has 0 aliphatic carbocycles. The maximum absolute atomic E-state index is 13.4. The molecule has 0 atom stereocenters. The van der Waals surface area contributed by atoms with Gasteiger partial charge in [-0.05, 0) is 49.2 Å². The molecule has 1 amide bonds. The van der Waals surface area contributed by atoms with Gasteiger partial charge in [-0.3, -0.25) is 9.69 Å². The zero-order valence-corrected chi connectivity index (χ0v) is 18.0. The number of benzene rings is 2. The first kappa shape index (κ1) is 19.9. The molecule has 8 heteroatoms.